The van der Waals surface area contributed by atoms with Gasteiger partial charge in [0.1, 0.15) is 10.3 Å². The number of benzene rings is 1. The second kappa shape index (κ2) is 5.17. The van der Waals surface area contributed by atoms with Crippen LogP contribution >= 0.6 is 46.4 Å². The van der Waals surface area contributed by atoms with Crippen LogP contribution in [0.15, 0.2) is 22.7 Å². The molecule has 0 saturated heterocycles. The van der Waals surface area contributed by atoms with Crippen LogP contribution < -0.4 is 0 Å². The van der Waals surface area contributed by atoms with Crippen molar-refractivity contribution in [2.24, 2.45) is 0 Å². The number of allylic oxidation sites excluding steroid dienone is 1. The summed E-state index contributed by atoms with van der Waals surface area (Å²) in [6, 6.07) is 2.07. The molecule has 1 nitrogen and oxygen atoms in total. The van der Waals surface area contributed by atoms with Gasteiger partial charge in [0.15, 0.2) is 5.78 Å². The summed E-state index contributed by atoms with van der Waals surface area (Å²) in [6.45, 7) is 0. The first-order chi connectivity index (χ1) is 6.91. The molecule has 80 valence electrons. The molecule has 15 heavy (non-hydrogen) atoms. The van der Waals surface area contributed by atoms with Crippen molar-refractivity contribution < 1.29 is 9.18 Å². The van der Waals surface area contributed by atoms with Crippen LogP contribution in [0.2, 0.25) is 10.0 Å². The van der Waals surface area contributed by atoms with Gasteiger partial charge in [-0.3, -0.25) is 4.79 Å². The van der Waals surface area contributed by atoms with Gasteiger partial charge in [0.25, 0.3) is 0 Å². The van der Waals surface area contributed by atoms with Gasteiger partial charge in [0.05, 0.1) is 10.0 Å². The fourth-order valence-electron chi connectivity index (χ4n) is 0.888. The quantitative estimate of drug-likeness (QED) is 0.440. The Morgan fingerprint density at radius 3 is 2.33 bits per heavy atom. The predicted octanol–water partition coefficient (Wildman–Crippen LogP) is 4.63. The Labute approximate surface area is 105 Å². The van der Waals surface area contributed by atoms with Crippen molar-refractivity contribution in [2.45, 2.75) is 0 Å². The molecular formula is C9H3Cl4FO. The van der Waals surface area contributed by atoms with E-state index in [1.54, 1.807) is 0 Å². The van der Waals surface area contributed by atoms with Crippen LogP contribution in [0.25, 0.3) is 0 Å². The molecular weight excluding hydrogens is 285 g/mol. The molecule has 0 aliphatic rings. The molecule has 1 rings (SSSR count). The summed E-state index contributed by atoms with van der Waals surface area (Å²) in [5.41, 5.74) is -0.0441. The van der Waals surface area contributed by atoms with Crippen LogP contribution in [0, 0.1) is 5.82 Å². The van der Waals surface area contributed by atoms with Crippen LogP contribution in [0.5, 0.6) is 0 Å². The van der Waals surface area contributed by atoms with Gasteiger partial charge in [-0.05, 0) is 12.1 Å². The molecule has 0 N–H and O–H groups in total. The van der Waals surface area contributed by atoms with Gasteiger partial charge in [-0.2, -0.15) is 0 Å². The average Bonchev–Trinajstić information content (AvgIpc) is 2.09. The summed E-state index contributed by atoms with van der Waals surface area (Å²) in [6.07, 6.45) is 0.928. The zero-order valence-corrected chi connectivity index (χ0v) is 10.1. The van der Waals surface area contributed by atoms with Crippen LogP contribution in [-0.2, 0) is 0 Å². The average molecular weight is 288 g/mol. The van der Waals surface area contributed by atoms with E-state index in [-0.39, 0.29) is 20.1 Å². The molecule has 0 heterocycles. The van der Waals surface area contributed by atoms with Crippen LogP contribution in [0.1, 0.15) is 10.4 Å². The van der Waals surface area contributed by atoms with E-state index in [9.17, 15) is 9.18 Å². The number of rotatable bonds is 2. The standard InChI is InChI=1S/C9H3Cl4FO/c10-5-2-6(11)7(14)1-4(5)8(15)3-9(12)13/h1-3H. The zero-order valence-electron chi connectivity index (χ0n) is 7.03. The number of hydrogen-bond donors (Lipinski definition) is 0. The summed E-state index contributed by atoms with van der Waals surface area (Å²) in [4.78, 5) is 11.4. The number of carbonyl (C=O) groups is 1. The lowest BCUT2D eigenvalue weighted by Gasteiger charge is -2.01. The minimum absolute atomic E-state index is 0.0391. The highest BCUT2D eigenvalue weighted by atomic mass is 35.5. The minimum Gasteiger partial charge on any atom is -0.289 e. The molecule has 0 unspecified atom stereocenters. The lowest BCUT2D eigenvalue weighted by molar-refractivity contribution is 0.104. The number of halogens is 5. The summed E-state index contributed by atoms with van der Waals surface area (Å²) in [5, 5.41) is -0.116. The first-order valence-corrected chi connectivity index (χ1v) is 5.14. The van der Waals surface area contributed by atoms with Crippen molar-refractivity contribution in [1.82, 2.24) is 0 Å². The SMILES string of the molecule is O=C(C=C(Cl)Cl)c1cc(F)c(Cl)cc1Cl. The molecule has 0 atom stereocenters. The predicted molar refractivity (Wildman–Crippen MR) is 60.5 cm³/mol. The Bertz CT molecular complexity index is 438. The van der Waals surface area contributed by atoms with Crippen LogP contribution in [0.3, 0.4) is 0 Å². The van der Waals surface area contributed by atoms with E-state index in [2.05, 4.69) is 0 Å². The van der Waals surface area contributed by atoms with Crippen molar-refractivity contribution in [3.8, 4) is 0 Å². The van der Waals surface area contributed by atoms with E-state index in [4.69, 9.17) is 46.4 Å². The maximum atomic E-state index is 13.0. The molecule has 0 spiro atoms. The lowest BCUT2D eigenvalue weighted by Crippen LogP contribution is -1.97. The molecule has 0 amide bonds. The van der Waals surface area contributed by atoms with Gasteiger partial charge in [-0.25, -0.2) is 4.39 Å². The molecule has 0 bridgehead atoms. The molecule has 0 fully saturated rings. The van der Waals surface area contributed by atoms with E-state index in [1.165, 1.54) is 0 Å². The fourth-order valence-corrected chi connectivity index (χ4v) is 1.56. The molecule has 0 aliphatic carbocycles. The molecule has 1 aromatic carbocycles. The largest absolute Gasteiger partial charge is 0.289 e. The molecule has 0 radical (unpaired) electrons. The van der Waals surface area contributed by atoms with Crippen molar-refractivity contribution in [1.29, 1.82) is 0 Å². The van der Waals surface area contributed by atoms with Gasteiger partial charge < -0.3 is 0 Å². The highest BCUT2D eigenvalue weighted by Gasteiger charge is 2.12. The van der Waals surface area contributed by atoms with Gasteiger partial charge >= 0.3 is 0 Å². The number of hydrogen-bond acceptors (Lipinski definition) is 1. The Morgan fingerprint density at radius 1 is 1.20 bits per heavy atom. The molecule has 6 heteroatoms. The topological polar surface area (TPSA) is 17.1 Å². The van der Waals surface area contributed by atoms with Gasteiger partial charge in [-0.1, -0.05) is 46.4 Å². The first kappa shape index (κ1) is 12.8. The monoisotopic (exact) mass is 286 g/mol. The normalized spacial score (nSPS) is 9.93. The minimum atomic E-state index is -0.733. The summed E-state index contributed by atoms with van der Waals surface area (Å²) in [7, 11) is 0. The van der Waals surface area contributed by atoms with Crippen molar-refractivity contribution >= 4 is 52.2 Å². The fraction of sp³-hybridized carbons (Fsp3) is 0. The Morgan fingerprint density at radius 2 is 1.80 bits per heavy atom. The van der Waals surface area contributed by atoms with E-state index >= 15 is 0 Å². The smallest absolute Gasteiger partial charge is 0.189 e. The highest BCUT2D eigenvalue weighted by molar-refractivity contribution is 6.57. The molecule has 0 aliphatic heterocycles. The molecule has 0 saturated carbocycles. The third-order valence-electron chi connectivity index (χ3n) is 1.52. The lowest BCUT2D eigenvalue weighted by atomic mass is 10.1. The Hall–Kier alpha value is -0.280. The Balaban J connectivity index is 3.21. The van der Waals surface area contributed by atoms with E-state index in [0.717, 1.165) is 18.2 Å². The summed E-state index contributed by atoms with van der Waals surface area (Å²) < 4.78 is 12.8. The Kier molecular flexibility index (Phi) is 4.41. The number of carbonyl (C=O) groups excluding carboxylic acids is 1. The highest BCUT2D eigenvalue weighted by Crippen LogP contribution is 2.25. The van der Waals surface area contributed by atoms with Crippen LogP contribution in [-0.4, -0.2) is 5.78 Å². The second-order valence-corrected chi connectivity index (χ2v) is 4.37. The number of ketones is 1. The van der Waals surface area contributed by atoms with E-state index in [1.807, 2.05) is 0 Å². The molecule has 0 aromatic heterocycles. The summed E-state index contributed by atoms with van der Waals surface area (Å²) >= 11 is 21.7. The zero-order chi connectivity index (χ0) is 11.6. The van der Waals surface area contributed by atoms with E-state index < -0.39 is 11.6 Å². The second-order valence-electron chi connectivity index (χ2n) is 2.54. The third-order valence-corrected chi connectivity index (χ3v) is 2.34. The maximum Gasteiger partial charge on any atom is 0.189 e. The third kappa shape index (κ3) is 3.35. The summed E-state index contributed by atoms with van der Waals surface area (Å²) in [5.74, 6) is -1.32. The van der Waals surface area contributed by atoms with Crippen molar-refractivity contribution in [3.63, 3.8) is 0 Å². The van der Waals surface area contributed by atoms with Crippen molar-refractivity contribution in [3.05, 3.63) is 44.1 Å². The van der Waals surface area contributed by atoms with Gasteiger partial charge in [0.2, 0.25) is 0 Å². The van der Waals surface area contributed by atoms with E-state index in [0.29, 0.717) is 0 Å². The van der Waals surface area contributed by atoms with Gasteiger partial charge in [0, 0.05) is 11.6 Å². The first-order valence-electron chi connectivity index (χ1n) is 3.63. The van der Waals surface area contributed by atoms with Gasteiger partial charge in [-0.15, -0.1) is 0 Å². The molecule has 1 aromatic rings. The van der Waals surface area contributed by atoms with Crippen LogP contribution in [0.4, 0.5) is 4.39 Å². The van der Waals surface area contributed by atoms with Crippen molar-refractivity contribution in [2.75, 3.05) is 0 Å². The maximum absolute atomic E-state index is 13.0.